The van der Waals surface area contributed by atoms with Gasteiger partial charge in [0.2, 0.25) is 5.91 Å². The Labute approximate surface area is 148 Å². The Bertz CT molecular complexity index is 703. The first-order valence-electron chi connectivity index (χ1n) is 7.20. The molecular formula is C15H18ClN3O2S2. The summed E-state index contributed by atoms with van der Waals surface area (Å²) in [5.74, 6) is 0.314. The van der Waals surface area contributed by atoms with Gasteiger partial charge in [0.05, 0.1) is 16.0 Å². The van der Waals surface area contributed by atoms with E-state index in [1.165, 1.54) is 23.1 Å². The highest BCUT2D eigenvalue weighted by Crippen LogP contribution is 2.30. The standard InChI is InChI=1S/C15H18ClN3O2S2/c1-9(2)5-6-17-14(21)19-13(20)8-22-15-18-11-7-10(16)3-4-12(11)23-15/h3-4,7,9H,5-6,8H2,1-2H3,(H2,17,19,20,21). The quantitative estimate of drug-likeness (QED) is 0.755. The van der Waals surface area contributed by atoms with Crippen molar-refractivity contribution < 1.29 is 9.59 Å². The Morgan fingerprint density at radius 2 is 2.17 bits per heavy atom. The Morgan fingerprint density at radius 1 is 1.39 bits per heavy atom. The molecule has 0 aliphatic rings. The summed E-state index contributed by atoms with van der Waals surface area (Å²) >= 11 is 8.72. The minimum Gasteiger partial charge on any atom is -0.338 e. The predicted octanol–water partition coefficient (Wildman–Crippen LogP) is 3.91. The maximum Gasteiger partial charge on any atom is 0.321 e. The van der Waals surface area contributed by atoms with Gasteiger partial charge in [0.15, 0.2) is 4.34 Å². The molecule has 2 N–H and O–H groups in total. The number of hydrogen-bond donors (Lipinski definition) is 2. The maximum absolute atomic E-state index is 11.8. The van der Waals surface area contributed by atoms with Gasteiger partial charge in [0.25, 0.3) is 0 Å². The number of amides is 3. The molecule has 0 unspecified atom stereocenters. The van der Waals surface area contributed by atoms with Gasteiger partial charge < -0.3 is 5.32 Å². The van der Waals surface area contributed by atoms with Crippen molar-refractivity contribution in [1.29, 1.82) is 0 Å². The second-order valence-electron chi connectivity index (χ2n) is 5.37. The first-order chi connectivity index (χ1) is 10.9. The van der Waals surface area contributed by atoms with Crippen LogP contribution in [-0.4, -0.2) is 29.2 Å². The fraction of sp³-hybridized carbons (Fsp3) is 0.400. The van der Waals surface area contributed by atoms with E-state index in [9.17, 15) is 9.59 Å². The molecule has 0 spiro atoms. The molecule has 0 aliphatic heterocycles. The lowest BCUT2D eigenvalue weighted by Crippen LogP contribution is -2.40. The number of aromatic nitrogens is 1. The summed E-state index contributed by atoms with van der Waals surface area (Å²) in [5, 5.41) is 5.61. The van der Waals surface area contributed by atoms with E-state index < -0.39 is 6.03 Å². The van der Waals surface area contributed by atoms with Crippen molar-refractivity contribution in [2.24, 2.45) is 5.92 Å². The van der Waals surface area contributed by atoms with Crippen LogP contribution >= 0.6 is 34.7 Å². The molecule has 0 saturated heterocycles. The fourth-order valence-electron chi connectivity index (χ4n) is 1.75. The van der Waals surface area contributed by atoms with Gasteiger partial charge in [-0.3, -0.25) is 10.1 Å². The smallest absolute Gasteiger partial charge is 0.321 e. The molecule has 8 heteroatoms. The third kappa shape index (κ3) is 6.01. The van der Waals surface area contributed by atoms with Crippen molar-refractivity contribution in [3.63, 3.8) is 0 Å². The molecule has 1 aromatic heterocycles. The van der Waals surface area contributed by atoms with Crippen molar-refractivity contribution in [3.8, 4) is 0 Å². The van der Waals surface area contributed by atoms with Gasteiger partial charge in [-0.25, -0.2) is 9.78 Å². The van der Waals surface area contributed by atoms with Crippen LogP contribution in [0.4, 0.5) is 4.79 Å². The summed E-state index contributed by atoms with van der Waals surface area (Å²) in [6, 6.07) is 5.05. The topological polar surface area (TPSA) is 71.1 Å². The van der Waals surface area contributed by atoms with E-state index in [1.54, 1.807) is 6.07 Å². The largest absolute Gasteiger partial charge is 0.338 e. The van der Waals surface area contributed by atoms with Gasteiger partial charge in [-0.2, -0.15) is 0 Å². The summed E-state index contributed by atoms with van der Waals surface area (Å²) in [7, 11) is 0. The molecule has 2 aromatic rings. The normalized spacial score (nSPS) is 11.0. The number of thiazole rings is 1. The number of carbonyl (C=O) groups is 2. The predicted molar refractivity (Wildman–Crippen MR) is 96.4 cm³/mol. The second kappa shape index (κ2) is 8.52. The average molecular weight is 372 g/mol. The Balaban J connectivity index is 1.78. The van der Waals surface area contributed by atoms with Crippen molar-refractivity contribution in [3.05, 3.63) is 23.2 Å². The van der Waals surface area contributed by atoms with Gasteiger partial charge in [-0.05, 0) is 30.5 Å². The monoisotopic (exact) mass is 371 g/mol. The number of rotatable bonds is 6. The number of imide groups is 1. The minimum absolute atomic E-state index is 0.144. The van der Waals surface area contributed by atoms with Crippen LogP contribution in [0.5, 0.6) is 0 Å². The lowest BCUT2D eigenvalue weighted by Gasteiger charge is -2.07. The zero-order valence-electron chi connectivity index (χ0n) is 12.9. The minimum atomic E-state index is -0.452. The first-order valence-corrected chi connectivity index (χ1v) is 9.38. The van der Waals surface area contributed by atoms with Crippen LogP contribution in [0, 0.1) is 5.92 Å². The van der Waals surface area contributed by atoms with Crippen molar-refractivity contribution in [2.45, 2.75) is 24.6 Å². The summed E-state index contributed by atoms with van der Waals surface area (Å²) < 4.78 is 1.79. The molecule has 0 radical (unpaired) electrons. The Morgan fingerprint density at radius 3 is 2.91 bits per heavy atom. The first kappa shape index (κ1) is 18.0. The van der Waals surface area contributed by atoms with Crippen LogP contribution < -0.4 is 10.6 Å². The summed E-state index contributed by atoms with van der Waals surface area (Å²) in [6.45, 7) is 4.71. The van der Waals surface area contributed by atoms with E-state index >= 15 is 0 Å². The Hall–Kier alpha value is -1.31. The zero-order chi connectivity index (χ0) is 16.8. The van der Waals surface area contributed by atoms with E-state index in [-0.39, 0.29) is 11.7 Å². The molecule has 2 rings (SSSR count). The van der Waals surface area contributed by atoms with Crippen LogP contribution in [0.25, 0.3) is 10.2 Å². The number of benzene rings is 1. The fourth-order valence-corrected chi connectivity index (χ4v) is 3.76. The number of carbonyl (C=O) groups excluding carboxylic acids is 2. The number of urea groups is 1. The number of nitrogens with one attached hydrogen (secondary N) is 2. The molecule has 5 nitrogen and oxygen atoms in total. The summed E-state index contributed by atoms with van der Waals surface area (Å²) in [6.07, 6.45) is 0.880. The molecule has 23 heavy (non-hydrogen) atoms. The second-order valence-corrected chi connectivity index (χ2v) is 8.06. The highest BCUT2D eigenvalue weighted by atomic mass is 35.5. The van der Waals surface area contributed by atoms with E-state index in [1.807, 2.05) is 12.1 Å². The van der Waals surface area contributed by atoms with Crippen LogP contribution in [0.2, 0.25) is 5.02 Å². The van der Waals surface area contributed by atoms with Crippen LogP contribution in [-0.2, 0) is 4.79 Å². The molecule has 0 saturated carbocycles. The third-order valence-electron chi connectivity index (χ3n) is 2.92. The molecule has 0 bridgehead atoms. The molecule has 0 fully saturated rings. The van der Waals surface area contributed by atoms with E-state index in [2.05, 4.69) is 29.5 Å². The van der Waals surface area contributed by atoms with Gasteiger partial charge in [0.1, 0.15) is 0 Å². The molecule has 0 aliphatic carbocycles. The average Bonchev–Trinajstić information content (AvgIpc) is 2.86. The van der Waals surface area contributed by atoms with Crippen molar-refractivity contribution in [2.75, 3.05) is 12.3 Å². The SMILES string of the molecule is CC(C)CCNC(=O)NC(=O)CSc1nc2cc(Cl)ccc2s1. The van der Waals surface area contributed by atoms with Gasteiger partial charge in [-0.15, -0.1) is 11.3 Å². The lowest BCUT2D eigenvalue weighted by molar-refractivity contribution is -0.117. The number of thioether (sulfide) groups is 1. The molecule has 1 heterocycles. The van der Waals surface area contributed by atoms with E-state index in [4.69, 9.17) is 11.6 Å². The highest BCUT2D eigenvalue weighted by Gasteiger charge is 2.10. The number of nitrogens with zero attached hydrogens (tertiary/aromatic N) is 1. The summed E-state index contributed by atoms with van der Waals surface area (Å²) in [4.78, 5) is 27.7. The zero-order valence-corrected chi connectivity index (χ0v) is 15.3. The number of fused-ring (bicyclic) bond motifs is 1. The number of hydrogen-bond acceptors (Lipinski definition) is 5. The maximum atomic E-state index is 11.8. The Kier molecular flexibility index (Phi) is 6.68. The van der Waals surface area contributed by atoms with Gasteiger partial charge in [-0.1, -0.05) is 37.2 Å². The van der Waals surface area contributed by atoms with Gasteiger partial charge in [0, 0.05) is 11.6 Å². The third-order valence-corrected chi connectivity index (χ3v) is 5.33. The lowest BCUT2D eigenvalue weighted by atomic mass is 10.1. The molecule has 0 atom stereocenters. The van der Waals surface area contributed by atoms with Crippen molar-refractivity contribution >= 4 is 56.9 Å². The molecule has 124 valence electrons. The van der Waals surface area contributed by atoms with E-state index in [0.29, 0.717) is 17.5 Å². The van der Waals surface area contributed by atoms with E-state index in [0.717, 1.165) is 21.0 Å². The molecule has 1 aromatic carbocycles. The van der Waals surface area contributed by atoms with Gasteiger partial charge >= 0.3 is 6.03 Å². The summed E-state index contributed by atoms with van der Waals surface area (Å²) in [5.41, 5.74) is 0.817. The highest BCUT2D eigenvalue weighted by molar-refractivity contribution is 8.01. The van der Waals surface area contributed by atoms with Crippen LogP contribution in [0.3, 0.4) is 0 Å². The number of halogens is 1. The van der Waals surface area contributed by atoms with Crippen molar-refractivity contribution in [1.82, 2.24) is 15.6 Å². The molecule has 3 amide bonds. The van der Waals surface area contributed by atoms with Crippen LogP contribution in [0.15, 0.2) is 22.5 Å². The molecular weight excluding hydrogens is 354 g/mol. The van der Waals surface area contributed by atoms with Crippen LogP contribution in [0.1, 0.15) is 20.3 Å².